The minimum atomic E-state index is 0.0279. The zero-order chi connectivity index (χ0) is 15.1. The number of nitrogens with zero attached hydrogens (tertiary/aromatic N) is 2. The maximum Gasteiger partial charge on any atom is 0.224 e. The van der Waals surface area contributed by atoms with Crippen LogP contribution in [0.2, 0.25) is 0 Å². The molecule has 0 atom stereocenters. The number of hydrogen-bond donors (Lipinski definition) is 2. The number of para-hydroxylation sites is 2. The van der Waals surface area contributed by atoms with Crippen LogP contribution in [0.15, 0.2) is 42.7 Å². The summed E-state index contributed by atoms with van der Waals surface area (Å²) in [4.78, 5) is 12.0. The minimum absolute atomic E-state index is 0.0279. The summed E-state index contributed by atoms with van der Waals surface area (Å²) in [5.74, 6) is 0.0279. The van der Waals surface area contributed by atoms with E-state index in [-0.39, 0.29) is 5.91 Å². The minimum Gasteiger partial charge on any atom is -0.324 e. The first kappa shape index (κ1) is 15.3. The van der Waals surface area contributed by atoms with Crippen molar-refractivity contribution in [2.45, 2.75) is 32.7 Å². The first-order chi connectivity index (χ1) is 10.2. The Balaban J connectivity index is 1.92. The van der Waals surface area contributed by atoms with Gasteiger partial charge < -0.3 is 10.6 Å². The molecule has 0 unspecified atom stereocenters. The molecule has 1 aromatic carbocycles. The molecule has 21 heavy (non-hydrogen) atoms. The molecule has 112 valence electrons. The average molecular weight is 286 g/mol. The Morgan fingerprint density at radius 1 is 1.29 bits per heavy atom. The first-order valence-electron chi connectivity index (χ1n) is 7.29. The highest BCUT2D eigenvalue weighted by molar-refractivity contribution is 5.92. The van der Waals surface area contributed by atoms with Gasteiger partial charge in [-0.3, -0.25) is 4.79 Å². The summed E-state index contributed by atoms with van der Waals surface area (Å²) in [5, 5.41) is 10.5. The number of rotatable bonds is 7. The van der Waals surface area contributed by atoms with Gasteiger partial charge in [0.15, 0.2) is 0 Å². The Labute approximate surface area is 125 Å². The topological polar surface area (TPSA) is 59.0 Å². The quantitative estimate of drug-likeness (QED) is 0.769. The Bertz CT molecular complexity index is 563. The molecule has 0 saturated heterocycles. The van der Waals surface area contributed by atoms with Crippen LogP contribution in [0.5, 0.6) is 0 Å². The lowest BCUT2D eigenvalue weighted by atomic mass is 10.2. The summed E-state index contributed by atoms with van der Waals surface area (Å²) >= 11 is 0. The summed E-state index contributed by atoms with van der Waals surface area (Å²) in [7, 11) is 0. The summed E-state index contributed by atoms with van der Waals surface area (Å²) < 4.78 is 1.75. The molecule has 0 aliphatic rings. The van der Waals surface area contributed by atoms with E-state index < -0.39 is 0 Å². The molecule has 1 amide bonds. The van der Waals surface area contributed by atoms with Gasteiger partial charge in [-0.05, 0) is 31.2 Å². The van der Waals surface area contributed by atoms with Gasteiger partial charge in [0.1, 0.15) is 0 Å². The molecule has 1 aromatic heterocycles. The fraction of sp³-hybridized carbons (Fsp3) is 0.375. The lowest BCUT2D eigenvalue weighted by Crippen LogP contribution is -2.24. The Kier molecular flexibility index (Phi) is 5.51. The van der Waals surface area contributed by atoms with Gasteiger partial charge in [0, 0.05) is 24.9 Å². The summed E-state index contributed by atoms with van der Waals surface area (Å²) in [6, 6.07) is 9.97. The van der Waals surface area contributed by atoms with Crippen LogP contribution >= 0.6 is 0 Å². The molecule has 1 heterocycles. The van der Waals surface area contributed by atoms with Crippen molar-refractivity contribution in [3.05, 3.63) is 42.7 Å². The van der Waals surface area contributed by atoms with Crippen LogP contribution in [0.4, 0.5) is 5.69 Å². The second-order valence-corrected chi connectivity index (χ2v) is 5.23. The van der Waals surface area contributed by atoms with E-state index in [0.717, 1.165) is 24.3 Å². The van der Waals surface area contributed by atoms with Crippen LogP contribution < -0.4 is 10.6 Å². The monoisotopic (exact) mass is 286 g/mol. The van der Waals surface area contributed by atoms with Crippen LogP contribution in [0.1, 0.15) is 26.7 Å². The largest absolute Gasteiger partial charge is 0.324 e. The molecule has 0 aliphatic carbocycles. The molecule has 5 nitrogen and oxygen atoms in total. The number of anilines is 1. The number of hydrogen-bond acceptors (Lipinski definition) is 3. The van der Waals surface area contributed by atoms with Gasteiger partial charge in [0.05, 0.1) is 11.4 Å². The predicted octanol–water partition coefficient (Wildman–Crippen LogP) is 2.59. The molecule has 0 saturated carbocycles. The number of benzene rings is 1. The maximum absolute atomic E-state index is 12.0. The third-order valence-corrected chi connectivity index (χ3v) is 3.06. The third kappa shape index (κ3) is 4.72. The van der Waals surface area contributed by atoms with Gasteiger partial charge in [-0.2, -0.15) is 5.10 Å². The second-order valence-electron chi connectivity index (χ2n) is 5.23. The SMILES string of the molecule is CC(C)NCCCC(=O)Nc1ccccc1-n1cccn1. The van der Waals surface area contributed by atoms with Gasteiger partial charge >= 0.3 is 0 Å². The molecule has 0 fully saturated rings. The molecular formula is C16H22N4O. The van der Waals surface area contributed by atoms with E-state index >= 15 is 0 Å². The molecule has 0 aliphatic heterocycles. The molecule has 0 bridgehead atoms. The van der Waals surface area contributed by atoms with Crippen molar-refractivity contribution in [2.24, 2.45) is 0 Å². The van der Waals surface area contributed by atoms with Crippen LogP contribution in [0, 0.1) is 0 Å². The predicted molar refractivity (Wildman–Crippen MR) is 84.6 cm³/mol. The van der Waals surface area contributed by atoms with E-state index in [9.17, 15) is 4.79 Å². The zero-order valence-electron chi connectivity index (χ0n) is 12.5. The second kappa shape index (κ2) is 7.59. The highest BCUT2D eigenvalue weighted by Crippen LogP contribution is 2.19. The van der Waals surface area contributed by atoms with Crippen LogP contribution in [-0.2, 0) is 4.79 Å². The van der Waals surface area contributed by atoms with Gasteiger partial charge in [0.2, 0.25) is 5.91 Å². The van der Waals surface area contributed by atoms with E-state index in [0.29, 0.717) is 12.5 Å². The van der Waals surface area contributed by atoms with Crippen molar-refractivity contribution in [3.63, 3.8) is 0 Å². The number of amides is 1. The van der Waals surface area contributed by atoms with Crippen molar-refractivity contribution in [2.75, 3.05) is 11.9 Å². The lowest BCUT2D eigenvalue weighted by Gasteiger charge is -2.11. The number of aromatic nitrogens is 2. The smallest absolute Gasteiger partial charge is 0.224 e. The van der Waals surface area contributed by atoms with Crippen molar-refractivity contribution in [1.82, 2.24) is 15.1 Å². The van der Waals surface area contributed by atoms with Crippen molar-refractivity contribution < 1.29 is 4.79 Å². The van der Waals surface area contributed by atoms with Gasteiger partial charge in [-0.1, -0.05) is 26.0 Å². The molecule has 2 rings (SSSR count). The molecule has 5 heteroatoms. The highest BCUT2D eigenvalue weighted by Gasteiger charge is 2.08. The van der Waals surface area contributed by atoms with Crippen LogP contribution in [0.3, 0.4) is 0 Å². The fourth-order valence-corrected chi connectivity index (χ4v) is 2.04. The van der Waals surface area contributed by atoms with E-state index in [4.69, 9.17) is 0 Å². The van der Waals surface area contributed by atoms with Crippen LogP contribution in [0.25, 0.3) is 5.69 Å². The fourth-order valence-electron chi connectivity index (χ4n) is 2.04. The molecule has 0 radical (unpaired) electrons. The molecule has 2 aromatic rings. The maximum atomic E-state index is 12.0. The first-order valence-corrected chi connectivity index (χ1v) is 7.29. The number of carbonyl (C=O) groups excluding carboxylic acids is 1. The van der Waals surface area contributed by atoms with Gasteiger partial charge in [-0.15, -0.1) is 0 Å². The summed E-state index contributed by atoms with van der Waals surface area (Å²) in [6.07, 6.45) is 4.91. The van der Waals surface area contributed by atoms with Crippen molar-refractivity contribution in [3.8, 4) is 5.69 Å². The molecule has 2 N–H and O–H groups in total. The van der Waals surface area contributed by atoms with Gasteiger partial charge in [0.25, 0.3) is 0 Å². The van der Waals surface area contributed by atoms with Crippen molar-refractivity contribution >= 4 is 11.6 Å². The standard InChI is InChI=1S/C16H22N4O/c1-13(2)17-10-5-9-16(21)19-14-7-3-4-8-15(14)20-12-6-11-18-20/h3-4,6-8,11-13,17H,5,9-10H2,1-2H3,(H,19,21). The van der Waals surface area contributed by atoms with E-state index in [2.05, 4.69) is 29.6 Å². The van der Waals surface area contributed by atoms with Crippen molar-refractivity contribution in [1.29, 1.82) is 0 Å². The Morgan fingerprint density at radius 3 is 2.81 bits per heavy atom. The summed E-state index contributed by atoms with van der Waals surface area (Å²) in [6.45, 7) is 5.05. The normalized spacial score (nSPS) is 10.8. The third-order valence-electron chi connectivity index (χ3n) is 3.06. The Morgan fingerprint density at radius 2 is 2.10 bits per heavy atom. The molecule has 0 spiro atoms. The van der Waals surface area contributed by atoms with E-state index in [1.165, 1.54) is 0 Å². The number of nitrogens with one attached hydrogen (secondary N) is 2. The average Bonchev–Trinajstić information content (AvgIpc) is 2.98. The van der Waals surface area contributed by atoms with Crippen LogP contribution in [-0.4, -0.2) is 28.3 Å². The zero-order valence-corrected chi connectivity index (χ0v) is 12.5. The highest BCUT2D eigenvalue weighted by atomic mass is 16.1. The van der Waals surface area contributed by atoms with E-state index in [1.54, 1.807) is 10.9 Å². The van der Waals surface area contributed by atoms with Gasteiger partial charge in [-0.25, -0.2) is 4.68 Å². The lowest BCUT2D eigenvalue weighted by molar-refractivity contribution is -0.116. The van der Waals surface area contributed by atoms with E-state index in [1.807, 2.05) is 36.5 Å². The summed E-state index contributed by atoms with van der Waals surface area (Å²) in [5.41, 5.74) is 1.65. The number of carbonyl (C=O) groups is 1. The Hall–Kier alpha value is -2.14. The molecular weight excluding hydrogens is 264 g/mol.